The predicted octanol–water partition coefficient (Wildman–Crippen LogP) is 3.09. The van der Waals surface area contributed by atoms with Gasteiger partial charge in [0.2, 0.25) is 5.91 Å². The first-order valence-electron chi connectivity index (χ1n) is 10.3. The lowest BCUT2D eigenvalue weighted by atomic mass is 9.95. The number of hydrogen-bond acceptors (Lipinski definition) is 5. The highest BCUT2D eigenvalue weighted by molar-refractivity contribution is 6.31. The van der Waals surface area contributed by atoms with Crippen LogP contribution in [0.1, 0.15) is 35.5 Å². The van der Waals surface area contributed by atoms with Gasteiger partial charge in [-0.3, -0.25) is 4.79 Å². The van der Waals surface area contributed by atoms with Crippen molar-refractivity contribution in [2.75, 3.05) is 31.2 Å². The topological polar surface area (TPSA) is 67.4 Å². The van der Waals surface area contributed by atoms with Gasteiger partial charge >= 0.3 is 0 Å². The summed E-state index contributed by atoms with van der Waals surface area (Å²) in [5.41, 5.74) is 3.28. The molecule has 0 radical (unpaired) electrons. The monoisotopic (exact) mass is 414 g/mol. The number of piperidine rings is 1. The van der Waals surface area contributed by atoms with Gasteiger partial charge in [0.25, 0.3) is 0 Å². The van der Waals surface area contributed by atoms with Crippen LogP contribution in [-0.4, -0.2) is 42.2 Å². The number of ether oxygens (including phenoxy) is 1. The molecule has 4 rings (SSSR count). The van der Waals surface area contributed by atoms with Crippen molar-refractivity contribution in [2.45, 2.75) is 39.2 Å². The Morgan fingerprint density at radius 3 is 2.76 bits per heavy atom. The third-order valence-corrected chi connectivity index (χ3v) is 6.11. The van der Waals surface area contributed by atoms with Crippen LogP contribution >= 0.6 is 11.6 Å². The lowest BCUT2D eigenvalue weighted by Gasteiger charge is -2.33. The summed E-state index contributed by atoms with van der Waals surface area (Å²) in [4.78, 5) is 24.4. The molecule has 2 aliphatic heterocycles. The number of anilines is 1. The largest absolute Gasteiger partial charge is 0.381 e. The highest BCUT2D eigenvalue weighted by Gasteiger charge is 2.28. The van der Waals surface area contributed by atoms with Crippen molar-refractivity contribution in [3.8, 4) is 0 Å². The van der Waals surface area contributed by atoms with Crippen LogP contribution in [0.5, 0.6) is 0 Å². The number of benzene rings is 1. The average Bonchev–Trinajstić information content (AvgIpc) is 2.98. The van der Waals surface area contributed by atoms with Gasteiger partial charge in [-0.05, 0) is 31.4 Å². The number of nitrogens with one attached hydrogen (secondary N) is 1. The molecule has 0 aliphatic carbocycles. The Balaban J connectivity index is 1.38. The van der Waals surface area contributed by atoms with Crippen molar-refractivity contribution < 1.29 is 9.53 Å². The highest BCUT2D eigenvalue weighted by Crippen LogP contribution is 2.28. The van der Waals surface area contributed by atoms with E-state index in [0.29, 0.717) is 18.2 Å². The molecular weight excluding hydrogens is 388 g/mol. The summed E-state index contributed by atoms with van der Waals surface area (Å²) < 4.78 is 5.63. The molecule has 2 aromatic rings. The number of halogens is 1. The number of rotatable bonds is 4. The van der Waals surface area contributed by atoms with Gasteiger partial charge in [-0.1, -0.05) is 29.8 Å². The second kappa shape index (κ2) is 9.09. The summed E-state index contributed by atoms with van der Waals surface area (Å²) in [6.07, 6.45) is 3.33. The third-order valence-electron chi connectivity index (χ3n) is 5.74. The SMILES string of the molecule is Cc1nc2c(c(N3CCC(C(=O)NCc4ccccc4Cl)CC3)n1)CCOCC2. The number of aryl methyl sites for hydroxylation is 1. The molecule has 3 heterocycles. The lowest BCUT2D eigenvalue weighted by Crippen LogP contribution is -2.41. The predicted molar refractivity (Wildman–Crippen MR) is 113 cm³/mol. The molecule has 0 bridgehead atoms. The summed E-state index contributed by atoms with van der Waals surface area (Å²) >= 11 is 6.18. The van der Waals surface area contributed by atoms with Crippen molar-refractivity contribution in [3.63, 3.8) is 0 Å². The number of nitrogens with zero attached hydrogens (tertiary/aromatic N) is 3. The van der Waals surface area contributed by atoms with E-state index in [2.05, 4.69) is 15.2 Å². The Kier molecular flexibility index (Phi) is 6.31. The Morgan fingerprint density at radius 1 is 1.21 bits per heavy atom. The van der Waals surface area contributed by atoms with Crippen LogP contribution in [0.2, 0.25) is 5.02 Å². The molecule has 154 valence electrons. The molecule has 1 fully saturated rings. The van der Waals surface area contributed by atoms with E-state index in [0.717, 1.165) is 68.3 Å². The fourth-order valence-electron chi connectivity index (χ4n) is 4.13. The molecule has 0 atom stereocenters. The first-order chi connectivity index (χ1) is 14.1. The van der Waals surface area contributed by atoms with Gasteiger partial charge in [-0.2, -0.15) is 0 Å². The van der Waals surface area contributed by atoms with Crippen LogP contribution in [0.3, 0.4) is 0 Å². The number of aromatic nitrogens is 2. The number of amides is 1. The molecule has 1 N–H and O–H groups in total. The van der Waals surface area contributed by atoms with Crippen molar-refractivity contribution in [1.82, 2.24) is 15.3 Å². The smallest absolute Gasteiger partial charge is 0.223 e. The lowest BCUT2D eigenvalue weighted by molar-refractivity contribution is -0.125. The van der Waals surface area contributed by atoms with Crippen molar-refractivity contribution in [2.24, 2.45) is 5.92 Å². The highest BCUT2D eigenvalue weighted by atomic mass is 35.5. The number of hydrogen-bond donors (Lipinski definition) is 1. The van der Waals surface area contributed by atoms with Gasteiger partial charge < -0.3 is 15.0 Å². The molecule has 0 saturated carbocycles. The van der Waals surface area contributed by atoms with E-state index in [1.54, 1.807) is 0 Å². The molecule has 0 spiro atoms. The Morgan fingerprint density at radius 2 is 1.97 bits per heavy atom. The molecule has 7 heteroatoms. The van der Waals surface area contributed by atoms with Gasteiger partial charge in [0.1, 0.15) is 11.6 Å². The minimum atomic E-state index is 0.0265. The molecule has 1 amide bonds. The van der Waals surface area contributed by atoms with Crippen LogP contribution in [0.4, 0.5) is 5.82 Å². The van der Waals surface area contributed by atoms with Gasteiger partial charge in [-0.15, -0.1) is 0 Å². The summed E-state index contributed by atoms with van der Waals surface area (Å²) in [5.74, 6) is 1.97. The molecule has 29 heavy (non-hydrogen) atoms. The van der Waals surface area contributed by atoms with Crippen LogP contribution in [-0.2, 0) is 28.9 Å². The van der Waals surface area contributed by atoms with Crippen LogP contribution in [0, 0.1) is 12.8 Å². The zero-order chi connectivity index (χ0) is 20.2. The fourth-order valence-corrected chi connectivity index (χ4v) is 4.33. The van der Waals surface area contributed by atoms with E-state index in [9.17, 15) is 4.79 Å². The molecule has 1 aromatic carbocycles. The average molecular weight is 415 g/mol. The standard InChI is InChI=1S/C22H27ClN4O2/c1-15-25-20-9-13-29-12-8-18(20)21(26-15)27-10-6-16(7-11-27)22(28)24-14-17-4-2-3-5-19(17)23/h2-5,16H,6-14H2,1H3,(H,24,28). The molecule has 6 nitrogen and oxygen atoms in total. The molecule has 2 aliphatic rings. The quantitative estimate of drug-likeness (QED) is 0.832. The fraction of sp³-hybridized carbons (Fsp3) is 0.500. The first kappa shape index (κ1) is 20.1. The van der Waals surface area contributed by atoms with Crippen molar-refractivity contribution in [1.29, 1.82) is 0 Å². The van der Waals surface area contributed by atoms with Gasteiger partial charge in [0, 0.05) is 49.0 Å². The van der Waals surface area contributed by atoms with Crippen LogP contribution < -0.4 is 10.2 Å². The molecular formula is C22H27ClN4O2. The Bertz CT molecular complexity index is 881. The molecule has 0 unspecified atom stereocenters. The van der Waals surface area contributed by atoms with E-state index in [-0.39, 0.29) is 11.8 Å². The van der Waals surface area contributed by atoms with E-state index >= 15 is 0 Å². The van der Waals surface area contributed by atoms with E-state index < -0.39 is 0 Å². The van der Waals surface area contributed by atoms with Gasteiger partial charge in [-0.25, -0.2) is 9.97 Å². The number of carbonyl (C=O) groups is 1. The zero-order valence-electron chi connectivity index (χ0n) is 16.8. The van der Waals surface area contributed by atoms with Gasteiger partial charge in [0.05, 0.1) is 18.9 Å². The van der Waals surface area contributed by atoms with Crippen molar-refractivity contribution >= 4 is 23.3 Å². The second-order valence-corrected chi connectivity index (χ2v) is 8.11. The summed E-state index contributed by atoms with van der Waals surface area (Å²) in [7, 11) is 0. The summed E-state index contributed by atoms with van der Waals surface area (Å²) in [6, 6.07) is 7.62. The second-order valence-electron chi connectivity index (χ2n) is 7.70. The van der Waals surface area contributed by atoms with Crippen LogP contribution in [0.25, 0.3) is 0 Å². The van der Waals surface area contributed by atoms with E-state index in [1.807, 2.05) is 31.2 Å². The maximum Gasteiger partial charge on any atom is 0.223 e. The molecule has 1 saturated heterocycles. The van der Waals surface area contributed by atoms with E-state index in [1.165, 1.54) is 5.56 Å². The molecule has 1 aromatic heterocycles. The maximum atomic E-state index is 12.6. The number of fused-ring (bicyclic) bond motifs is 1. The first-order valence-corrected chi connectivity index (χ1v) is 10.7. The zero-order valence-corrected chi connectivity index (χ0v) is 17.5. The van der Waals surface area contributed by atoms with E-state index in [4.69, 9.17) is 21.3 Å². The Hall–Kier alpha value is -2.18. The minimum absolute atomic E-state index is 0.0265. The summed E-state index contributed by atoms with van der Waals surface area (Å²) in [5, 5.41) is 3.73. The Labute approximate surface area is 176 Å². The van der Waals surface area contributed by atoms with Crippen LogP contribution in [0.15, 0.2) is 24.3 Å². The minimum Gasteiger partial charge on any atom is -0.381 e. The maximum absolute atomic E-state index is 12.6. The van der Waals surface area contributed by atoms with Gasteiger partial charge in [0.15, 0.2) is 0 Å². The summed E-state index contributed by atoms with van der Waals surface area (Å²) in [6.45, 7) is 5.51. The third kappa shape index (κ3) is 4.70. The number of carbonyl (C=O) groups excluding carboxylic acids is 1. The van der Waals surface area contributed by atoms with Crippen molar-refractivity contribution in [3.05, 3.63) is 51.9 Å². The normalized spacial score (nSPS) is 17.5.